The zero-order chi connectivity index (χ0) is 14.4. The number of amides is 1. The zero-order valence-corrected chi connectivity index (χ0v) is 12.6. The Morgan fingerprint density at radius 1 is 1.32 bits per heavy atom. The Morgan fingerprint density at radius 2 is 1.95 bits per heavy atom. The summed E-state index contributed by atoms with van der Waals surface area (Å²) in [5.74, 6) is 0.121. The third kappa shape index (κ3) is 3.82. The first-order valence-electron chi connectivity index (χ1n) is 6.45. The molecule has 0 bridgehead atoms. The van der Waals surface area contributed by atoms with Crippen LogP contribution in [0.1, 0.15) is 33.6 Å². The van der Waals surface area contributed by atoms with E-state index < -0.39 is 15.7 Å². The molecule has 1 aliphatic heterocycles. The summed E-state index contributed by atoms with van der Waals surface area (Å²) in [4.78, 5) is 13.7. The predicted octanol–water partition coefficient (Wildman–Crippen LogP) is 1.36. The molecule has 1 heterocycles. The highest BCUT2D eigenvalue weighted by molar-refractivity contribution is 7.86. The first-order chi connectivity index (χ1) is 8.57. The Balaban J connectivity index is 1.93. The predicted molar refractivity (Wildman–Crippen MR) is 69.2 cm³/mol. The van der Waals surface area contributed by atoms with Gasteiger partial charge in [0.2, 0.25) is 0 Å². The number of rotatable bonds is 2. The average molecular weight is 291 g/mol. The number of ether oxygens (including phenoxy) is 1. The second kappa shape index (κ2) is 4.63. The van der Waals surface area contributed by atoms with Crippen LogP contribution < -0.4 is 0 Å². The maximum Gasteiger partial charge on any atom is 0.410 e. The summed E-state index contributed by atoms with van der Waals surface area (Å²) in [6, 6.07) is 0.0651. The smallest absolute Gasteiger partial charge is 0.410 e. The van der Waals surface area contributed by atoms with Crippen LogP contribution in [0.4, 0.5) is 4.79 Å². The van der Waals surface area contributed by atoms with E-state index in [9.17, 15) is 13.2 Å². The van der Waals surface area contributed by atoms with Crippen molar-refractivity contribution in [2.24, 2.45) is 5.92 Å². The average Bonchev–Trinajstić information content (AvgIpc) is 2.92. The first-order valence-corrected chi connectivity index (χ1v) is 8.26. The van der Waals surface area contributed by atoms with Gasteiger partial charge in [0.25, 0.3) is 10.1 Å². The van der Waals surface area contributed by atoms with Crippen molar-refractivity contribution in [3.05, 3.63) is 0 Å². The maximum absolute atomic E-state index is 12.0. The first kappa shape index (κ1) is 14.6. The number of carbonyl (C=O) groups excluding carboxylic acids is 1. The topological polar surface area (TPSA) is 72.9 Å². The normalized spacial score (nSPS) is 30.7. The largest absolute Gasteiger partial charge is 0.444 e. The summed E-state index contributed by atoms with van der Waals surface area (Å²) in [6.45, 7) is 5.97. The fourth-order valence-corrected chi connectivity index (χ4v) is 3.18. The van der Waals surface area contributed by atoms with Gasteiger partial charge in [-0.2, -0.15) is 8.42 Å². The highest BCUT2D eigenvalue weighted by Crippen LogP contribution is 2.45. The Hall–Kier alpha value is -0.820. The Morgan fingerprint density at radius 3 is 2.47 bits per heavy atom. The van der Waals surface area contributed by atoms with E-state index >= 15 is 0 Å². The van der Waals surface area contributed by atoms with Crippen LogP contribution in [-0.2, 0) is 19.0 Å². The third-order valence-corrected chi connectivity index (χ3v) is 3.86. The monoisotopic (exact) mass is 291 g/mol. The SMILES string of the molecule is CC(C)(C)OC(=O)N1CCC(OS(C)(=O)=O)C2CC21. The number of likely N-dealkylation sites (tertiary alicyclic amines) is 1. The molecule has 0 aromatic heterocycles. The van der Waals surface area contributed by atoms with Crippen LogP contribution in [0, 0.1) is 5.92 Å². The molecule has 1 aliphatic carbocycles. The van der Waals surface area contributed by atoms with Crippen LogP contribution in [0.15, 0.2) is 0 Å². The minimum atomic E-state index is -3.43. The molecule has 1 saturated heterocycles. The molecule has 1 amide bonds. The molecule has 0 N–H and O–H groups in total. The second-order valence-corrected chi connectivity index (χ2v) is 7.87. The van der Waals surface area contributed by atoms with E-state index in [-0.39, 0.29) is 24.2 Å². The molecule has 1 saturated carbocycles. The molecule has 0 aromatic carbocycles. The summed E-state index contributed by atoms with van der Waals surface area (Å²) in [5, 5.41) is 0. The molecule has 0 spiro atoms. The highest BCUT2D eigenvalue weighted by Gasteiger charge is 2.53. The molecule has 19 heavy (non-hydrogen) atoms. The summed E-state index contributed by atoms with van der Waals surface area (Å²) in [5.41, 5.74) is -0.512. The summed E-state index contributed by atoms with van der Waals surface area (Å²) < 4.78 is 32.7. The molecule has 0 radical (unpaired) electrons. The van der Waals surface area contributed by atoms with Gasteiger partial charge in [0, 0.05) is 18.5 Å². The fourth-order valence-electron chi connectivity index (χ4n) is 2.50. The van der Waals surface area contributed by atoms with Gasteiger partial charge in [-0.15, -0.1) is 0 Å². The van der Waals surface area contributed by atoms with E-state index in [0.717, 1.165) is 12.7 Å². The number of nitrogens with zero attached hydrogens (tertiary/aromatic N) is 1. The van der Waals surface area contributed by atoms with Crippen molar-refractivity contribution < 1.29 is 22.1 Å². The lowest BCUT2D eigenvalue weighted by Crippen LogP contribution is -2.44. The minimum absolute atomic E-state index is 0.0651. The molecule has 0 aromatic rings. The Bertz CT molecular complexity index is 467. The number of fused-ring (bicyclic) bond motifs is 1. The van der Waals surface area contributed by atoms with Crippen molar-refractivity contribution in [3.8, 4) is 0 Å². The molecule has 3 unspecified atom stereocenters. The van der Waals surface area contributed by atoms with Crippen LogP contribution in [-0.4, -0.2) is 50.0 Å². The van der Waals surface area contributed by atoms with Crippen LogP contribution in [0.3, 0.4) is 0 Å². The lowest BCUT2D eigenvalue weighted by atomic mass is 10.1. The van der Waals surface area contributed by atoms with Crippen molar-refractivity contribution in [2.45, 2.75) is 51.4 Å². The summed E-state index contributed by atoms with van der Waals surface area (Å²) in [7, 11) is -3.43. The second-order valence-electron chi connectivity index (χ2n) is 6.27. The molecule has 110 valence electrons. The Kier molecular flexibility index (Phi) is 3.55. The van der Waals surface area contributed by atoms with Crippen molar-refractivity contribution >= 4 is 16.2 Å². The minimum Gasteiger partial charge on any atom is -0.444 e. The molecule has 7 heteroatoms. The molecular formula is C12H21NO5S. The van der Waals surface area contributed by atoms with Gasteiger partial charge >= 0.3 is 6.09 Å². The zero-order valence-electron chi connectivity index (χ0n) is 11.8. The van der Waals surface area contributed by atoms with Gasteiger partial charge in [0.1, 0.15) is 5.60 Å². The van der Waals surface area contributed by atoms with Gasteiger partial charge in [-0.25, -0.2) is 4.79 Å². The highest BCUT2D eigenvalue weighted by atomic mass is 32.2. The van der Waals surface area contributed by atoms with Crippen LogP contribution in [0.5, 0.6) is 0 Å². The number of piperidine rings is 1. The summed E-state index contributed by atoms with van der Waals surface area (Å²) in [6.07, 6.45) is 1.77. The molecular weight excluding hydrogens is 270 g/mol. The van der Waals surface area contributed by atoms with E-state index in [1.807, 2.05) is 20.8 Å². The van der Waals surface area contributed by atoms with Gasteiger partial charge in [-0.1, -0.05) is 0 Å². The van der Waals surface area contributed by atoms with Crippen molar-refractivity contribution in [1.82, 2.24) is 4.90 Å². The van der Waals surface area contributed by atoms with E-state index in [0.29, 0.717) is 13.0 Å². The summed E-state index contributed by atoms with van der Waals surface area (Å²) >= 11 is 0. The molecule has 2 fully saturated rings. The lowest BCUT2D eigenvalue weighted by Gasteiger charge is -2.32. The van der Waals surface area contributed by atoms with Gasteiger partial charge in [-0.3, -0.25) is 4.18 Å². The number of hydrogen-bond acceptors (Lipinski definition) is 5. The van der Waals surface area contributed by atoms with Crippen molar-refractivity contribution in [1.29, 1.82) is 0 Å². The van der Waals surface area contributed by atoms with Crippen molar-refractivity contribution in [3.63, 3.8) is 0 Å². The van der Waals surface area contributed by atoms with E-state index in [1.165, 1.54) is 0 Å². The van der Waals surface area contributed by atoms with Crippen LogP contribution in [0.2, 0.25) is 0 Å². The Labute approximate surface area is 114 Å². The number of carbonyl (C=O) groups is 1. The molecule has 6 nitrogen and oxygen atoms in total. The van der Waals surface area contributed by atoms with Gasteiger partial charge in [0.15, 0.2) is 0 Å². The van der Waals surface area contributed by atoms with E-state index in [1.54, 1.807) is 4.90 Å². The number of hydrogen-bond donors (Lipinski definition) is 0. The fraction of sp³-hybridized carbons (Fsp3) is 0.917. The quantitative estimate of drug-likeness (QED) is 0.718. The third-order valence-electron chi connectivity index (χ3n) is 3.26. The van der Waals surface area contributed by atoms with Crippen molar-refractivity contribution in [2.75, 3.05) is 12.8 Å². The van der Waals surface area contributed by atoms with Gasteiger partial charge in [-0.05, 0) is 33.6 Å². The molecule has 2 aliphatic rings. The maximum atomic E-state index is 12.0. The van der Waals surface area contributed by atoms with E-state index in [4.69, 9.17) is 8.92 Å². The standard InChI is InChI=1S/C12H21NO5S/c1-12(2,3)17-11(14)13-6-5-10(8-7-9(8)13)18-19(4,15)16/h8-10H,5-7H2,1-4H3. The lowest BCUT2D eigenvalue weighted by molar-refractivity contribution is 0.0113. The van der Waals surface area contributed by atoms with Crippen LogP contribution >= 0.6 is 0 Å². The van der Waals surface area contributed by atoms with E-state index in [2.05, 4.69) is 0 Å². The van der Waals surface area contributed by atoms with Crippen LogP contribution in [0.25, 0.3) is 0 Å². The molecule has 3 atom stereocenters. The van der Waals surface area contributed by atoms with Gasteiger partial charge in [0.05, 0.1) is 12.4 Å². The van der Waals surface area contributed by atoms with Gasteiger partial charge < -0.3 is 9.64 Å². The molecule has 2 rings (SSSR count).